The molecule has 0 spiro atoms. The second-order valence-corrected chi connectivity index (χ2v) is 8.38. The highest BCUT2D eigenvalue weighted by atomic mass is 32.2. The molecular weight excluding hydrogens is 363 g/mol. The highest BCUT2D eigenvalue weighted by molar-refractivity contribution is 7.86. The number of hydrogen-bond donors (Lipinski definition) is 0. The van der Waals surface area contributed by atoms with E-state index < -0.39 is 22.2 Å². The largest absolute Gasteiger partial charge is 0.464 e. The zero-order chi connectivity index (χ0) is 18.7. The molecule has 0 bridgehead atoms. The molecule has 0 N–H and O–H groups in total. The van der Waals surface area contributed by atoms with Crippen LogP contribution in [0.1, 0.15) is 24.8 Å². The Hall–Kier alpha value is -1.55. The molecule has 9 heteroatoms. The van der Waals surface area contributed by atoms with E-state index in [4.69, 9.17) is 9.47 Å². The van der Waals surface area contributed by atoms with Crippen molar-refractivity contribution in [1.82, 2.24) is 8.61 Å². The molecule has 2 aliphatic rings. The number of carbonyl (C=O) groups excluding carboxylic acids is 1. The third-order valence-corrected chi connectivity index (χ3v) is 6.84. The molecule has 1 aromatic carbocycles. The third kappa shape index (κ3) is 4.06. The smallest absolute Gasteiger partial charge is 0.302 e. The average molecular weight is 386 g/mol. The van der Waals surface area contributed by atoms with Crippen molar-refractivity contribution in [3.63, 3.8) is 0 Å². The third-order valence-electron chi connectivity index (χ3n) is 4.78. The van der Waals surface area contributed by atoms with Crippen LogP contribution in [0.25, 0.3) is 0 Å². The number of benzene rings is 1. The minimum Gasteiger partial charge on any atom is -0.464 e. The quantitative estimate of drug-likeness (QED) is 0.709. The average Bonchev–Trinajstić information content (AvgIpc) is 3.06. The lowest BCUT2D eigenvalue weighted by Gasteiger charge is -2.32. The minimum atomic E-state index is -3.74. The van der Waals surface area contributed by atoms with Crippen LogP contribution in [-0.4, -0.2) is 68.5 Å². The predicted molar refractivity (Wildman–Crippen MR) is 92.2 cm³/mol. The molecule has 2 atom stereocenters. The standard InChI is InChI=1S/C17H23FN2O5S/c1-13(21)25-12-15-10-14(16-4-2-3-5-17(16)18)11-20(15)26(22,23)19-6-8-24-9-7-19/h2-5,14-15H,6-12H2,1H3/t14-,15-/m1/s1. The number of morpholine rings is 1. The first-order valence-electron chi connectivity index (χ1n) is 8.62. The number of rotatable bonds is 5. The van der Waals surface area contributed by atoms with Gasteiger partial charge in [0.05, 0.1) is 19.3 Å². The maximum atomic E-state index is 14.2. The molecule has 0 amide bonds. The first-order chi connectivity index (χ1) is 12.4. The van der Waals surface area contributed by atoms with Crippen LogP contribution in [0.3, 0.4) is 0 Å². The van der Waals surface area contributed by atoms with Crippen LogP contribution in [0.5, 0.6) is 0 Å². The van der Waals surface area contributed by atoms with Gasteiger partial charge in [0.25, 0.3) is 10.2 Å². The summed E-state index contributed by atoms with van der Waals surface area (Å²) in [5, 5.41) is 0. The number of esters is 1. The number of halogens is 1. The highest BCUT2D eigenvalue weighted by Gasteiger charge is 2.44. The first kappa shape index (κ1) is 19.2. The van der Waals surface area contributed by atoms with Crippen molar-refractivity contribution in [2.24, 2.45) is 0 Å². The fraction of sp³-hybridized carbons (Fsp3) is 0.588. The summed E-state index contributed by atoms with van der Waals surface area (Å²) < 4.78 is 53.3. The van der Waals surface area contributed by atoms with E-state index in [-0.39, 0.29) is 38.0 Å². The van der Waals surface area contributed by atoms with Crippen molar-refractivity contribution in [2.75, 3.05) is 39.5 Å². The Morgan fingerprint density at radius 3 is 2.65 bits per heavy atom. The van der Waals surface area contributed by atoms with E-state index in [0.717, 1.165) is 0 Å². The molecule has 2 saturated heterocycles. The van der Waals surface area contributed by atoms with Gasteiger partial charge >= 0.3 is 5.97 Å². The van der Waals surface area contributed by atoms with Crippen LogP contribution in [0.4, 0.5) is 4.39 Å². The normalized spacial score (nSPS) is 25.3. The molecule has 26 heavy (non-hydrogen) atoms. The Morgan fingerprint density at radius 2 is 2.00 bits per heavy atom. The van der Waals surface area contributed by atoms with E-state index >= 15 is 0 Å². The van der Waals surface area contributed by atoms with Gasteiger partial charge in [0.15, 0.2) is 0 Å². The van der Waals surface area contributed by atoms with Gasteiger partial charge in [-0.25, -0.2) is 4.39 Å². The number of carbonyl (C=O) groups is 1. The molecule has 0 unspecified atom stereocenters. The molecule has 1 aromatic rings. The van der Waals surface area contributed by atoms with E-state index in [1.165, 1.54) is 21.6 Å². The van der Waals surface area contributed by atoms with Crippen molar-refractivity contribution in [3.05, 3.63) is 35.6 Å². The summed E-state index contributed by atoms with van der Waals surface area (Å²) >= 11 is 0. The lowest BCUT2D eigenvalue weighted by Crippen LogP contribution is -2.51. The Bertz CT molecular complexity index is 751. The van der Waals surface area contributed by atoms with Crippen LogP contribution in [0.2, 0.25) is 0 Å². The fourth-order valence-electron chi connectivity index (χ4n) is 3.49. The lowest BCUT2D eigenvalue weighted by molar-refractivity contribution is -0.142. The van der Waals surface area contributed by atoms with E-state index in [1.807, 2.05) is 0 Å². The van der Waals surface area contributed by atoms with Crippen LogP contribution >= 0.6 is 0 Å². The SMILES string of the molecule is CC(=O)OC[C@H]1C[C@@H](c2ccccc2F)CN1S(=O)(=O)N1CCOCC1. The first-order valence-corrected chi connectivity index (χ1v) is 10.0. The predicted octanol–water partition coefficient (Wildman–Crippen LogP) is 1.12. The van der Waals surface area contributed by atoms with Gasteiger partial charge in [-0.1, -0.05) is 18.2 Å². The van der Waals surface area contributed by atoms with Gasteiger partial charge in [0, 0.05) is 32.5 Å². The molecule has 144 valence electrons. The molecule has 2 heterocycles. The maximum Gasteiger partial charge on any atom is 0.302 e. The van der Waals surface area contributed by atoms with Crippen molar-refractivity contribution in [3.8, 4) is 0 Å². The molecular formula is C17H23FN2O5S. The summed E-state index contributed by atoms with van der Waals surface area (Å²) in [5.41, 5.74) is 0.486. The second-order valence-electron chi connectivity index (χ2n) is 6.50. The molecule has 2 fully saturated rings. The lowest BCUT2D eigenvalue weighted by atomic mass is 9.96. The van der Waals surface area contributed by atoms with Crippen LogP contribution in [0, 0.1) is 5.82 Å². The Labute approximate surface area is 152 Å². The Balaban J connectivity index is 1.84. The van der Waals surface area contributed by atoms with Crippen molar-refractivity contribution in [2.45, 2.75) is 25.3 Å². The zero-order valence-corrected chi connectivity index (χ0v) is 15.5. The minimum absolute atomic E-state index is 0.0378. The Morgan fingerprint density at radius 1 is 1.31 bits per heavy atom. The summed E-state index contributed by atoms with van der Waals surface area (Å²) in [5.74, 6) is -1.11. The molecule has 0 radical (unpaired) electrons. The van der Waals surface area contributed by atoms with Crippen LogP contribution < -0.4 is 0 Å². The van der Waals surface area contributed by atoms with Gasteiger partial charge in [-0.05, 0) is 18.1 Å². The van der Waals surface area contributed by atoms with Gasteiger partial charge in [0.1, 0.15) is 12.4 Å². The fourth-order valence-corrected chi connectivity index (χ4v) is 5.29. The number of nitrogens with zero attached hydrogens (tertiary/aromatic N) is 2. The summed E-state index contributed by atoms with van der Waals surface area (Å²) in [4.78, 5) is 11.2. The van der Waals surface area contributed by atoms with Crippen LogP contribution in [0.15, 0.2) is 24.3 Å². The molecule has 3 rings (SSSR count). The number of hydrogen-bond acceptors (Lipinski definition) is 5. The van der Waals surface area contributed by atoms with Crippen molar-refractivity contribution in [1.29, 1.82) is 0 Å². The summed E-state index contributed by atoms with van der Waals surface area (Å²) in [6, 6.07) is 5.87. The topological polar surface area (TPSA) is 76.2 Å². The van der Waals surface area contributed by atoms with E-state index in [0.29, 0.717) is 25.2 Å². The summed E-state index contributed by atoms with van der Waals surface area (Å²) in [7, 11) is -3.74. The monoisotopic (exact) mass is 386 g/mol. The van der Waals surface area contributed by atoms with Crippen molar-refractivity contribution >= 4 is 16.2 Å². The number of ether oxygens (including phenoxy) is 2. The second kappa shape index (κ2) is 7.99. The zero-order valence-electron chi connectivity index (χ0n) is 14.6. The molecule has 0 aromatic heterocycles. The summed E-state index contributed by atoms with van der Waals surface area (Å²) in [6.45, 7) is 2.66. The highest BCUT2D eigenvalue weighted by Crippen LogP contribution is 2.35. The van der Waals surface area contributed by atoms with Crippen LogP contribution in [-0.2, 0) is 24.5 Å². The van der Waals surface area contributed by atoms with Crippen molar-refractivity contribution < 1.29 is 27.1 Å². The van der Waals surface area contributed by atoms with Gasteiger partial charge < -0.3 is 9.47 Å². The maximum absolute atomic E-state index is 14.2. The van der Waals surface area contributed by atoms with E-state index in [1.54, 1.807) is 18.2 Å². The van der Waals surface area contributed by atoms with E-state index in [9.17, 15) is 17.6 Å². The molecule has 0 aliphatic carbocycles. The molecule has 2 aliphatic heterocycles. The van der Waals surface area contributed by atoms with Gasteiger partial charge in [0.2, 0.25) is 0 Å². The van der Waals surface area contributed by atoms with Gasteiger partial charge in [-0.15, -0.1) is 0 Å². The summed E-state index contributed by atoms with van der Waals surface area (Å²) in [6.07, 6.45) is 0.401. The van der Waals surface area contributed by atoms with E-state index in [2.05, 4.69) is 0 Å². The van der Waals surface area contributed by atoms with Gasteiger partial charge in [-0.3, -0.25) is 4.79 Å². The molecule has 7 nitrogen and oxygen atoms in total. The Kier molecular flexibility index (Phi) is 5.91. The van der Waals surface area contributed by atoms with Gasteiger partial charge in [-0.2, -0.15) is 17.0 Å². The molecule has 0 saturated carbocycles.